The Kier molecular flexibility index (Phi) is 5.57. The molecule has 0 bridgehead atoms. The van der Waals surface area contributed by atoms with E-state index in [2.05, 4.69) is 5.10 Å². The van der Waals surface area contributed by atoms with Crippen LogP contribution in [0.25, 0.3) is 5.69 Å². The standard InChI is InChI=1S/C23H19F3N4O3/c1-13-11-14(33-2)9-10-19(13)30-22(32)29(21(31)18(12-27)28-30)20-8-4-5-15-16(20)6-3-7-17(15)23(24,25)26/h3,6-7,9-11,20H,4-5,8H2,1-2H3. The van der Waals surface area contributed by atoms with Gasteiger partial charge in [-0.3, -0.25) is 4.79 Å². The first-order valence-electron chi connectivity index (χ1n) is 10.2. The Morgan fingerprint density at radius 1 is 1.21 bits per heavy atom. The number of fused-ring (bicyclic) bond motifs is 1. The molecule has 0 amide bonds. The average Bonchev–Trinajstić information content (AvgIpc) is 2.78. The SMILES string of the molecule is COc1ccc(-n2nc(C#N)c(=O)n(C3CCCc4c3cccc4C(F)(F)F)c2=O)c(C)c1. The molecule has 1 aromatic heterocycles. The molecule has 33 heavy (non-hydrogen) atoms. The first-order chi connectivity index (χ1) is 15.7. The second-order valence-corrected chi connectivity index (χ2v) is 7.76. The van der Waals surface area contributed by atoms with Crippen LogP contribution >= 0.6 is 0 Å². The molecule has 0 spiro atoms. The van der Waals surface area contributed by atoms with Gasteiger partial charge in [0.05, 0.1) is 24.4 Å². The van der Waals surface area contributed by atoms with E-state index >= 15 is 0 Å². The summed E-state index contributed by atoms with van der Waals surface area (Å²) >= 11 is 0. The van der Waals surface area contributed by atoms with Gasteiger partial charge < -0.3 is 4.74 Å². The highest BCUT2D eigenvalue weighted by Crippen LogP contribution is 2.40. The van der Waals surface area contributed by atoms with Crippen molar-refractivity contribution in [2.45, 2.75) is 38.4 Å². The first kappa shape index (κ1) is 22.3. The zero-order valence-electron chi connectivity index (χ0n) is 17.8. The molecule has 1 aliphatic rings. The Bertz CT molecular complexity index is 1400. The Morgan fingerprint density at radius 2 is 1.97 bits per heavy atom. The van der Waals surface area contributed by atoms with Crippen molar-refractivity contribution in [1.82, 2.24) is 14.3 Å². The fourth-order valence-corrected chi connectivity index (χ4v) is 4.34. The number of methoxy groups -OCH3 is 1. The zero-order chi connectivity index (χ0) is 23.9. The molecule has 4 rings (SSSR count). The number of nitriles is 1. The highest BCUT2D eigenvalue weighted by atomic mass is 19.4. The highest BCUT2D eigenvalue weighted by Gasteiger charge is 2.37. The van der Waals surface area contributed by atoms with Crippen LogP contribution in [-0.4, -0.2) is 21.5 Å². The smallest absolute Gasteiger partial charge is 0.416 e. The third-order valence-electron chi connectivity index (χ3n) is 5.84. The number of aromatic nitrogens is 3. The van der Waals surface area contributed by atoms with Gasteiger partial charge in [-0.25, -0.2) is 9.36 Å². The monoisotopic (exact) mass is 456 g/mol. The van der Waals surface area contributed by atoms with E-state index in [0.29, 0.717) is 23.4 Å². The van der Waals surface area contributed by atoms with E-state index in [1.807, 2.05) is 0 Å². The van der Waals surface area contributed by atoms with E-state index in [9.17, 15) is 28.0 Å². The minimum Gasteiger partial charge on any atom is -0.497 e. The summed E-state index contributed by atoms with van der Waals surface area (Å²) < 4.78 is 47.7. The van der Waals surface area contributed by atoms with Gasteiger partial charge in [0.25, 0.3) is 5.56 Å². The Labute approximate surface area is 186 Å². The molecule has 0 fully saturated rings. The Hall–Kier alpha value is -3.87. The fraction of sp³-hybridized carbons (Fsp3) is 0.304. The quantitative estimate of drug-likeness (QED) is 0.602. The molecule has 170 valence electrons. The van der Waals surface area contributed by atoms with Gasteiger partial charge in [0.2, 0.25) is 5.69 Å². The molecule has 1 unspecified atom stereocenters. The van der Waals surface area contributed by atoms with Crippen LogP contribution in [0.4, 0.5) is 13.2 Å². The van der Waals surface area contributed by atoms with E-state index in [0.717, 1.165) is 15.3 Å². The van der Waals surface area contributed by atoms with E-state index in [1.54, 1.807) is 31.2 Å². The van der Waals surface area contributed by atoms with Crippen molar-refractivity contribution < 1.29 is 17.9 Å². The largest absolute Gasteiger partial charge is 0.497 e. The maximum Gasteiger partial charge on any atom is 0.416 e. The van der Waals surface area contributed by atoms with Crippen LogP contribution < -0.4 is 16.0 Å². The van der Waals surface area contributed by atoms with Crippen LogP contribution in [0.15, 0.2) is 46.0 Å². The molecule has 1 heterocycles. The summed E-state index contributed by atoms with van der Waals surface area (Å²) in [6.07, 6.45) is -3.75. The number of hydrogen-bond donors (Lipinski definition) is 0. The molecule has 0 saturated heterocycles. The second kappa shape index (κ2) is 8.24. The molecule has 1 atom stereocenters. The molecule has 3 aromatic rings. The van der Waals surface area contributed by atoms with Gasteiger partial charge >= 0.3 is 11.9 Å². The van der Waals surface area contributed by atoms with Gasteiger partial charge in [-0.05, 0) is 67.1 Å². The summed E-state index contributed by atoms with van der Waals surface area (Å²) in [5.74, 6) is 0.541. The van der Waals surface area contributed by atoms with E-state index in [4.69, 9.17) is 4.74 Å². The van der Waals surface area contributed by atoms with Gasteiger partial charge in [-0.1, -0.05) is 12.1 Å². The molecule has 0 saturated carbocycles. The fourth-order valence-electron chi connectivity index (χ4n) is 4.34. The van der Waals surface area contributed by atoms with Gasteiger partial charge in [0, 0.05) is 0 Å². The normalized spacial score (nSPS) is 15.6. The van der Waals surface area contributed by atoms with Crippen molar-refractivity contribution in [2.24, 2.45) is 0 Å². The number of ether oxygens (including phenoxy) is 1. The van der Waals surface area contributed by atoms with E-state index in [1.165, 1.54) is 19.2 Å². The lowest BCUT2D eigenvalue weighted by Gasteiger charge is -2.29. The molecular formula is C23H19F3N4O3. The Morgan fingerprint density at radius 3 is 2.61 bits per heavy atom. The van der Waals surface area contributed by atoms with Crippen molar-refractivity contribution in [2.75, 3.05) is 7.11 Å². The minimum absolute atomic E-state index is 0.0649. The number of hydrogen-bond acceptors (Lipinski definition) is 5. The van der Waals surface area contributed by atoms with Crippen molar-refractivity contribution in [3.63, 3.8) is 0 Å². The second-order valence-electron chi connectivity index (χ2n) is 7.76. The topological polar surface area (TPSA) is 89.9 Å². The number of alkyl halides is 3. The highest BCUT2D eigenvalue weighted by molar-refractivity contribution is 5.45. The molecule has 10 heteroatoms. The first-order valence-corrected chi connectivity index (χ1v) is 10.2. The lowest BCUT2D eigenvalue weighted by atomic mass is 9.84. The lowest BCUT2D eigenvalue weighted by Crippen LogP contribution is -2.45. The molecular weight excluding hydrogens is 437 g/mol. The van der Waals surface area contributed by atoms with E-state index < -0.39 is 34.7 Å². The number of aryl methyl sites for hydroxylation is 1. The number of halogens is 3. The predicted molar refractivity (Wildman–Crippen MR) is 113 cm³/mol. The molecule has 0 N–H and O–H groups in total. The maximum absolute atomic E-state index is 13.6. The van der Waals surface area contributed by atoms with Gasteiger partial charge in [0.15, 0.2) is 0 Å². The van der Waals surface area contributed by atoms with Crippen molar-refractivity contribution in [3.8, 4) is 17.5 Å². The number of nitrogens with zero attached hydrogens (tertiary/aromatic N) is 4. The van der Waals surface area contributed by atoms with Crippen LogP contribution in [0, 0.1) is 18.3 Å². The van der Waals surface area contributed by atoms with Crippen LogP contribution in [0.1, 0.15) is 46.8 Å². The van der Waals surface area contributed by atoms with Crippen LogP contribution in [0.3, 0.4) is 0 Å². The zero-order valence-corrected chi connectivity index (χ0v) is 17.8. The summed E-state index contributed by atoms with van der Waals surface area (Å²) in [7, 11) is 1.49. The van der Waals surface area contributed by atoms with Crippen molar-refractivity contribution >= 4 is 0 Å². The molecule has 2 aromatic carbocycles. The van der Waals surface area contributed by atoms with Crippen molar-refractivity contribution in [3.05, 3.63) is 85.2 Å². The lowest BCUT2D eigenvalue weighted by molar-refractivity contribution is -0.138. The summed E-state index contributed by atoms with van der Waals surface area (Å²) in [5, 5.41) is 13.4. The number of benzene rings is 2. The van der Waals surface area contributed by atoms with Gasteiger partial charge in [0.1, 0.15) is 11.8 Å². The summed E-state index contributed by atoms with van der Waals surface area (Å²) in [6.45, 7) is 1.71. The molecule has 7 nitrogen and oxygen atoms in total. The van der Waals surface area contributed by atoms with Crippen molar-refractivity contribution in [1.29, 1.82) is 5.26 Å². The van der Waals surface area contributed by atoms with Crippen LogP contribution in [-0.2, 0) is 12.6 Å². The molecule has 1 aliphatic carbocycles. The predicted octanol–water partition coefficient (Wildman–Crippen LogP) is 3.53. The average molecular weight is 456 g/mol. The van der Waals surface area contributed by atoms with Gasteiger partial charge in [-0.2, -0.15) is 23.1 Å². The van der Waals surface area contributed by atoms with Crippen LogP contribution in [0.5, 0.6) is 5.75 Å². The van der Waals surface area contributed by atoms with Crippen LogP contribution in [0.2, 0.25) is 0 Å². The number of rotatable bonds is 3. The maximum atomic E-state index is 13.6. The third-order valence-corrected chi connectivity index (χ3v) is 5.84. The Balaban J connectivity index is 1.98. The molecule has 0 radical (unpaired) electrons. The van der Waals surface area contributed by atoms with Gasteiger partial charge in [-0.15, -0.1) is 5.10 Å². The molecule has 0 aliphatic heterocycles. The van der Waals surface area contributed by atoms with E-state index in [-0.39, 0.29) is 24.0 Å². The summed E-state index contributed by atoms with van der Waals surface area (Å²) in [5.41, 5.74) is -1.82. The summed E-state index contributed by atoms with van der Waals surface area (Å²) in [4.78, 5) is 26.5. The third kappa shape index (κ3) is 3.80. The summed E-state index contributed by atoms with van der Waals surface area (Å²) in [6, 6.07) is 9.34. The minimum atomic E-state index is -4.56.